The van der Waals surface area contributed by atoms with Gasteiger partial charge in [-0.1, -0.05) is 43.3 Å². The van der Waals surface area contributed by atoms with Crippen molar-refractivity contribution in [1.82, 2.24) is 10.8 Å². The topological polar surface area (TPSA) is 121 Å². The molecule has 0 fully saturated rings. The van der Waals surface area contributed by atoms with Crippen LogP contribution in [-0.2, 0) is 25.5 Å². The monoisotopic (exact) mass is 425 g/mol. The minimum atomic E-state index is -0.524. The zero-order chi connectivity index (χ0) is 22.6. The van der Waals surface area contributed by atoms with Crippen molar-refractivity contribution in [3.8, 4) is 17.2 Å². The first-order valence-electron chi connectivity index (χ1n) is 9.86. The average molecular weight is 425 g/mol. The molecule has 2 rings (SSSR count). The molecule has 0 heterocycles. The second kappa shape index (κ2) is 12.4. The smallest absolute Gasteiger partial charge is 0.246 e. The molecule has 0 aliphatic carbocycles. The molecule has 0 radical (unpaired) electrons. The summed E-state index contributed by atoms with van der Waals surface area (Å²) in [6.07, 6.45) is 0.481. The fourth-order valence-corrected chi connectivity index (χ4v) is 3.10. The largest absolute Gasteiger partial charge is 0.359 e. The van der Waals surface area contributed by atoms with E-state index in [2.05, 4.69) is 11.4 Å². The Kier molecular flexibility index (Phi) is 9.65. The van der Waals surface area contributed by atoms with Gasteiger partial charge >= 0.3 is 0 Å². The van der Waals surface area contributed by atoms with Gasteiger partial charge in [0, 0.05) is 13.0 Å². The van der Waals surface area contributed by atoms with E-state index in [4.69, 9.17) is 19.9 Å². The van der Waals surface area contributed by atoms with Gasteiger partial charge in [-0.05, 0) is 35.2 Å². The fourth-order valence-electron chi connectivity index (χ4n) is 3.10. The van der Waals surface area contributed by atoms with Gasteiger partial charge in [0.05, 0.1) is 30.7 Å². The average Bonchev–Trinajstić information content (AvgIpc) is 2.79. The van der Waals surface area contributed by atoms with E-state index in [1.54, 1.807) is 24.5 Å². The van der Waals surface area contributed by atoms with E-state index in [9.17, 15) is 9.59 Å². The highest BCUT2D eigenvalue weighted by molar-refractivity contribution is 5.80. The van der Waals surface area contributed by atoms with Crippen molar-refractivity contribution in [2.75, 3.05) is 20.5 Å². The number of amides is 2. The predicted molar refractivity (Wildman–Crippen MR) is 114 cm³/mol. The Morgan fingerprint density at radius 2 is 1.71 bits per heavy atom. The Labute approximate surface area is 181 Å². The van der Waals surface area contributed by atoms with E-state index in [0.29, 0.717) is 12.0 Å². The summed E-state index contributed by atoms with van der Waals surface area (Å²) in [5.74, 6) is -1.23. The molecule has 0 saturated carbocycles. The minimum absolute atomic E-state index is 0.0732. The van der Waals surface area contributed by atoms with Gasteiger partial charge in [0.2, 0.25) is 11.8 Å². The SMILES string of the molecule is COCOC[C@H](C[C@H](C)C(=O)NO)NC(=O)Cc1ccc(-c2ccc(C#N)cc2)cc1. The standard InChI is InChI=1S/C23H27N3O5/c1-16(23(28)26-29)11-21(14-31-15-30-2)25-22(27)12-17-3-7-19(8-4-17)20-9-5-18(13-24)6-10-20/h3-10,16,21,29H,11-12,14-15H2,1-2H3,(H,25,27)(H,26,28)/t16-,21-/m0/s1. The van der Waals surface area contributed by atoms with Crippen molar-refractivity contribution in [3.63, 3.8) is 0 Å². The van der Waals surface area contributed by atoms with Crippen molar-refractivity contribution in [2.45, 2.75) is 25.8 Å². The highest BCUT2D eigenvalue weighted by Gasteiger charge is 2.21. The second-order valence-corrected chi connectivity index (χ2v) is 7.22. The predicted octanol–water partition coefficient (Wildman–Crippen LogP) is 2.40. The molecule has 2 amide bonds. The molecule has 2 atom stereocenters. The summed E-state index contributed by atoms with van der Waals surface area (Å²) in [4.78, 5) is 24.1. The van der Waals surface area contributed by atoms with Gasteiger partial charge in [0.25, 0.3) is 0 Å². The van der Waals surface area contributed by atoms with Crippen LogP contribution in [-0.4, -0.2) is 43.6 Å². The van der Waals surface area contributed by atoms with Crippen LogP contribution in [0, 0.1) is 17.2 Å². The number of hydroxylamine groups is 1. The Bertz CT molecular complexity index is 891. The number of rotatable bonds is 11. The summed E-state index contributed by atoms with van der Waals surface area (Å²) in [6, 6.07) is 16.6. The molecule has 0 unspecified atom stereocenters. The normalized spacial score (nSPS) is 12.5. The molecule has 0 spiro atoms. The van der Waals surface area contributed by atoms with Crippen molar-refractivity contribution >= 4 is 11.8 Å². The lowest BCUT2D eigenvalue weighted by molar-refractivity contribution is -0.134. The number of hydrogen-bond acceptors (Lipinski definition) is 6. The van der Waals surface area contributed by atoms with Crippen molar-refractivity contribution in [3.05, 3.63) is 59.7 Å². The van der Waals surface area contributed by atoms with Crippen molar-refractivity contribution in [1.29, 1.82) is 5.26 Å². The maximum absolute atomic E-state index is 12.5. The van der Waals surface area contributed by atoms with Crippen LogP contribution in [0.3, 0.4) is 0 Å². The lowest BCUT2D eigenvalue weighted by Crippen LogP contribution is -2.42. The first-order valence-corrected chi connectivity index (χ1v) is 9.86. The number of nitrogens with zero attached hydrogens (tertiary/aromatic N) is 1. The number of nitriles is 1. The molecular weight excluding hydrogens is 398 g/mol. The van der Waals surface area contributed by atoms with Crippen LogP contribution in [0.2, 0.25) is 0 Å². The third kappa shape index (κ3) is 7.83. The Morgan fingerprint density at radius 1 is 1.10 bits per heavy atom. The lowest BCUT2D eigenvalue weighted by atomic mass is 10.0. The van der Waals surface area contributed by atoms with Crippen LogP contribution in [0.15, 0.2) is 48.5 Å². The molecule has 2 aromatic carbocycles. The number of carbonyl (C=O) groups excluding carboxylic acids is 2. The number of methoxy groups -OCH3 is 1. The quantitative estimate of drug-likeness (QED) is 0.220. The van der Waals surface area contributed by atoms with Crippen LogP contribution in [0.4, 0.5) is 0 Å². The lowest BCUT2D eigenvalue weighted by Gasteiger charge is -2.21. The summed E-state index contributed by atoms with van der Waals surface area (Å²) < 4.78 is 10.2. The Morgan fingerprint density at radius 3 is 2.26 bits per heavy atom. The number of ether oxygens (including phenoxy) is 2. The fraction of sp³-hybridized carbons (Fsp3) is 0.348. The molecule has 3 N–H and O–H groups in total. The highest BCUT2D eigenvalue weighted by Crippen LogP contribution is 2.20. The number of carbonyl (C=O) groups is 2. The van der Waals surface area contributed by atoms with Gasteiger partial charge < -0.3 is 14.8 Å². The van der Waals surface area contributed by atoms with Crippen LogP contribution in [0.5, 0.6) is 0 Å². The maximum Gasteiger partial charge on any atom is 0.246 e. The number of nitrogens with one attached hydrogen (secondary N) is 2. The zero-order valence-electron chi connectivity index (χ0n) is 17.6. The first-order chi connectivity index (χ1) is 15.0. The van der Waals surface area contributed by atoms with Gasteiger partial charge in [-0.2, -0.15) is 5.26 Å². The first kappa shape index (κ1) is 24.0. The minimum Gasteiger partial charge on any atom is -0.359 e. The van der Waals surface area contributed by atoms with E-state index in [0.717, 1.165) is 16.7 Å². The maximum atomic E-state index is 12.5. The molecule has 0 saturated heterocycles. The third-order valence-corrected chi connectivity index (χ3v) is 4.75. The van der Waals surface area contributed by atoms with Gasteiger partial charge in [0.15, 0.2) is 0 Å². The molecule has 2 aromatic rings. The summed E-state index contributed by atoms with van der Waals surface area (Å²) >= 11 is 0. The van der Waals surface area contributed by atoms with Gasteiger partial charge in [-0.3, -0.25) is 14.8 Å². The second-order valence-electron chi connectivity index (χ2n) is 7.22. The van der Waals surface area contributed by atoms with Crippen LogP contribution in [0.25, 0.3) is 11.1 Å². The molecule has 0 aliphatic heterocycles. The van der Waals surface area contributed by atoms with E-state index >= 15 is 0 Å². The molecular formula is C23H27N3O5. The van der Waals surface area contributed by atoms with Gasteiger partial charge in [0.1, 0.15) is 6.79 Å². The van der Waals surface area contributed by atoms with E-state index in [1.807, 2.05) is 36.4 Å². The van der Waals surface area contributed by atoms with Crippen LogP contribution < -0.4 is 10.8 Å². The Balaban J connectivity index is 1.97. The molecule has 8 heteroatoms. The molecule has 8 nitrogen and oxygen atoms in total. The summed E-state index contributed by atoms with van der Waals surface area (Å²) in [5.41, 5.74) is 5.04. The van der Waals surface area contributed by atoms with E-state index in [1.165, 1.54) is 7.11 Å². The molecule has 0 aliphatic rings. The van der Waals surface area contributed by atoms with E-state index in [-0.39, 0.29) is 25.7 Å². The van der Waals surface area contributed by atoms with Crippen LogP contribution >= 0.6 is 0 Å². The highest BCUT2D eigenvalue weighted by atomic mass is 16.7. The third-order valence-electron chi connectivity index (χ3n) is 4.75. The molecule has 31 heavy (non-hydrogen) atoms. The van der Waals surface area contributed by atoms with Gasteiger partial charge in [-0.15, -0.1) is 0 Å². The summed E-state index contributed by atoms with van der Waals surface area (Å²) in [7, 11) is 1.50. The van der Waals surface area contributed by atoms with E-state index < -0.39 is 17.9 Å². The summed E-state index contributed by atoms with van der Waals surface area (Å²) in [5, 5.41) is 20.6. The number of benzene rings is 2. The Hall–Kier alpha value is -3.25. The number of hydrogen-bond donors (Lipinski definition) is 3. The molecule has 0 bridgehead atoms. The van der Waals surface area contributed by atoms with Crippen molar-refractivity contribution in [2.24, 2.45) is 5.92 Å². The zero-order valence-corrected chi connectivity index (χ0v) is 17.6. The molecule has 0 aromatic heterocycles. The summed E-state index contributed by atoms with van der Waals surface area (Å²) in [6.45, 7) is 1.91. The van der Waals surface area contributed by atoms with Gasteiger partial charge in [-0.25, -0.2) is 5.48 Å². The van der Waals surface area contributed by atoms with Crippen molar-refractivity contribution < 1.29 is 24.3 Å². The molecule has 164 valence electrons. The van der Waals surface area contributed by atoms with Crippen LogP contribution in [0.1, 0.15) is 24.5 Å².